The van der Waals surface area contributed by atoms with E-state index in [1.54, 1.807) is 7.11 Å². The zero-order chi connectivity index (χ0) is 14.0. The van der Waals surface area contributed by atoms with E-state index in [0.717, 1.165) is 0 Å². The van der Waals surface area contributed by atoms with Crippen molar-refractivity contribution in [3.8, 4) is 0 Å². The molecular formula is C12H24N2O4. The van der Waals surface area contributed by atoms with Crippen LogP contribution in [0.1, 0.15) is 20.8 Å². The number of hydrogen-bond donors (Lipinski definition) is 2. The lowest BCUT2D eigenvalue weighted by Gasteiger charge is -2.20. The molecule has 0 saturated carbocycles. The Morgan fingerprint density at radius 1 is 1.17 bits per heavy atom. The lowest BCUT2D eigenvalue weighted by Crippen LogP contribution is -2.49. The first-order valence-corrected chi connectivity index (χ1v) is 6.10. The molecule has 1 atom stereocenters. The number of amides is 2. The molecule has 6 heteroatoms. The molecule has 0 aromatic rings. The molecule has 0 aliphatic carbocycles. The molecule has 106 valence electrons. The predicted molar refractivity (Wildman–Crippen MR) is 68.1 cm³/mol. The van der Waals surface area contributed by atoms with Crippen molar-refractivity contribution >= 4 is 11.8 Å². The molecule has 0 aromatic heterocycles. The molecule has 0 rings (SSSR count). The predicted octanol–water partition coefficient (Wildman–Crippen LogP) is -0.0737. The first-order chi connectivity index (χ1) is 8.49. The van der Waals surface area contributed by atoms with Crippen molar-refractivity contribution in [1.82, 2.24) is 10.6 Å². The number of carbonyl (C=O) groups is 2. The summed E-state index contributed by atoms with van der Waals surface area (Å²) in [4.78, 5) is 22.8. The fraction of sp³-hybridized carbons (Fsp3) is 0.833. The SMILES string of the molecule is COCCOCCNC(=O)C(NC(C)=O)C(C)C. The minimum atomic E-state index is -0.499. The molecule has 0 radical (unpaired) electrons. The third-order valence-corrected chi connectivity index (χ3v) is 2.29. The Balaban J connectivity index is 3.85. The van der Waals surface area contributed by atoms with Crippen molar-refractivity contribution in [3.63, 3.8) is 0 Å². The second-order valence-electron chi connectivity index (χ2n) is 4.32. The van der Waals surface area contributed by atoms with Crippen LogP contribution >= 0.6 is 0 Å². The van der Waals surface area contributed by atoms with Crippen LogP contribution in [0.25, 0.3) is 0 Å². The van der Waals surface area contributed by atoms with Crippen molar-refractivity contribution in [1.29, 1.82) is 0 Å². The number of rotatable bonds is 9. The normalized spacial score (nSPS) is 12.3. The standard InChI is InChI=1S/C12H24N2O4/c1-9(2)11(14-10(3)15)12(16)13-5-6-18-8-7-17-4/h9,11H,5-8H2,1-4H3,(H,13,16)(H,14,15). The van der Waals surface area contributed by atoms with Crippen LogP contribution in [0.15, 0.2) is 0 Å². The van der Waals surface area contributed by atoms with Gasteiger partial charge in [-0.3, -0.25) is 9.59 Å². The van der Waals surface area contributed by atoms with Crippen molar-refractivity contribution in [2.24, 2.45) is 5.92 Å². The van der Waals surface area contributed by atoms with Crippen LogP contribution in [0.3, 0.4) is 0 Å². The summed E-state index contributed by atoms with van der Waals surface area (Å²) >= 11 is 0. The van der Waals surface area contributed by atoms with Gasteiger partial charge in [-0.1, -0.05) is 13.8 Å². The van der Waals surface area contributed by atoms with Gasteiger partial charge in [0, 0.05) is 20.6 Å². The van der Waals surface area contributed by atoms with Gasteiger partial charge in [0.25, 0.3) is 0 Å². The van der Waals surface area contributed by atoms with E-state index in [-0.39, 0.29) is 17.7 Å². The smallest absolute Gasteiger partial charge is 0.242 e. The molecule has 0 aliphatic rings. The third-order valence-electron chi connectivity index (χ3n) is 2.29. The van der Waals surface area contributed by atoms with E-state index in [2.05, 4.69) is 10.6 Å². The summed E-state index contributed by atoms with van der Waals surface area (Å²) in [6, 6.07) is -0.499. The second-order valence-corrected chi connectivity index (χ2v) is 4.32. The summed E-state index contributed by atoms with van der Waals surface area (Å²) in [6.07, 6.45) is 0. The van der Waals surface area contributed by atoms with Crippen LogP contribution in [0.4, 0.5) is 0 Å². The molecule has 2 N–H and O–H groups in total. The number of nitrogens with one attached hydrogen (secondary N) is 2. The van der Waals surface area contributed by atoms with Crippen molar-refractivity contribution in [2.45, 2.75) is 26.8 Å². The van der Waals surface area contributed by atoms with Gasteiger partial charge < -0.3 is 20.1 Å². The summed E-state index contributed by atoms with van der Waals surface area (Å²) in [6.45, 7) is 7.06. The van der Waals surface area contributed by atoms with Gasteiger partial charge in [0.05, 0.1) is 19.8 Å². The number of ether oxygens (including phenoxy) is 2. The topological polar surface area (TPSA) is 76.7 Å². The van der Waals surface area contributed by atoms with E-state index in [1.807, 2.05) is 13.8 Å². The van der Waals surface area contributed by atoms with Gasteiger partial charge in [0.15, 0.2) is 0 Å². The maximum atomic E-state index is 11.8. The molecule has 6 nitrogen and oxygen atoms in total. The second kappa shape index (κ2) is 9.85. The van der Waals surface area contributed by atoms with Gasteiger partial charge in [-0.25, -0.2) is 0 Å². The van der Waals surface area contributed by atoms with E-state index >= 15 is 0 Å². The van der Waals surface area contributed by atoms with Crippen molar-refractivity contribution < 1.29 is 19.1 Å². The lowest BCUT2D eigenvalue weighted by molar-refractivity contribution is -0.129. The zero-order valence-corrected chi connectivity index (χ0v) is 11.6. The molecule has 0 heterocycles. The van der Waals surface area contributed by atoms with Crippen LogP contribution in [0.2, 0.25) is 0 Å². The van der Waals surface area contributed by atoms with E-state index < -0.39 is 6.04 Å². The Hall–Kier alpha value is -1.14. The molecule has 0 aromatic carbocycles. The van der Waals surface area contributed by atoms with Gasteiger partial charge in [0.1, 0.15) is 6.04 Å². The Kier molecular flexibility index (Phi) is 9.22. The van der Waals surface area contributed by atoms with Crippen LogP contribution in [-0.2, 0) is 19.1 Å². The zero-order valence-electron chi connectivity index (χ0n) is 11.6. The largest absolute Gasteiger partial charge is 0.382 e. The van der Waals surface area contributed by atoms with Gasteiger partial charge in [0.2, 0.25) is 11.8 Å². The number of hydrogen-bond acceptors (Lipinski definition) is 4. The van der Waals surface area contributed by atoms with E-state index in [1.165, 1.54) is 6.92 Å². The first kappa shape index (κ1) is 16.9. The summed E-state index contributed by atoms with van der Waals surface area (Å²) < 4.78 is 10.0. The minimum absolute atomic E-state index is 0.0447. The summed E-state index contributed by atoms with van der Waals surface area (Å²) in [7, 11) is 1.60. The molecule has 0 spiro atoms. The van der Waals surface area contributed by atoms with Gasteiger partial charge in [-0.2, -0.15) is 0 Å². The Morgan fingerprint density at radius 2 is 1.83 bits per heavy atom. The monoisotopic (exact) mass is 260 g/mol. The molecular weight excluding hydrogens is 236 g/mol. The summed E-state index contributed by atoms with van der Waals surface area (Å²) in [5.74, 6) is -0.348. The van der Waals surface area contributed by atoms with Crippen molar-refractivity contribution in [3.05, 3.63) is 0 Å². The average Bonchev–Trinajstić information content (AvgIpc) is 2.29. The van der Waals surface area contributed by atoms with Crippen LogP contribution in [-0.4, -0.2) is 51.3 Å². The molecule has 0 aliphatic heterocycles. The van der Waals surface area contributed by atoms with E-state index in [9.17, 15) is 9.59 Å². The fourth-order valence-corrected chi connectivity index (χ4v) is 1.35. The highest BCUT2D eigenvalue weighted by Crippen LogP contribution is 2.01. The van der Waals surface area contributed by atoms with Gasteiger partial charge >= 0.3 is 0 Å². The number of methoxy groups -OCH3 is 1. The third kappa shape index (κ3) is 8.03. The first-order valence-electron chi connectivity index (χ1n) is 6.10. The Bertz CT molecular complexity index is 256. The summed E-state index contributed by atoms with van der Waals surface area (Å²) in [5.41, 5.74) is 0. The molecule has 0 saturated heterocycles. The van der Waals surface area contributed by atoms with Crippen LogP contribution < -0.4 is 10.6 Å². The maximum absolute atomic E-state index is 11.8. The molecule has 18 heavy (non-hydrogen) atoms. The van der Waals surface area contributed by atoms with Gasteiger partial charge in [-0.15, -0.1) is 0 Å². The van der Waals surface area contributed by atoms with E-state index in [0.29, 0.717) is 26.4 Å². The lowest BCUT2D eigenvalue weighted by atomic mass is 10.0. The molecule has 0 fully saturated rings. The Labute approximate surface area is 108 Å². The highest BCUT2D eigenvalue weighted by molar-refractivity contribution is 5.86. The average molecular weight is 260 g/mol. The Morgan fingerprint density at radius 3 is 2.33 bits per heavy atom. The molecule has 2 amide bonds. The quantitative estimate of drug-likeness (QED) is 0.569. The number of carbonyl (C=O) groups excluding carboxylic acids is 2. The van der Waals surface area contributed by atoms with E-state index in [4.69, 9.17) is 9.47 Å². The minimum Gasteiger partial charge on any atom is -0.382 e. The van der Waals surface area contributed by atoms with Crippen LogP contribution in [0.5, 0.6) is 0 Å². The van der Waals surface area contributed by atoms with Gasteiger partial charge in [-0.05, 0) is 5.92 Å². The van der Waals surface area contributed by atoms with Crippen molar-refractivity contribution in [2.75, 3.05) is 33.5 Å². The highest BCUT2D eigenvalue weighted by atomic mass is 16.5. The molecule has 1 unspecified atom stereocenters. The fourth-order valence-electron chi connectivity index (χ4n) is 1.35. The highest BCUT2D eigenvalue weighted by Gasteiger charge is 2.22. The maximum Gasteiger partial charge on any atom is 0.242 e. The van der Waals surface area contributed by atoms with Crippen LogP contribution in [0, 0.1) is 5.92 Å². The summed E-state index contributed by atoms with van der Waals surface area (Å²) in [5, 5.41) is 5.36. The molecule has 0 bridgehead atoms.